The third-order valence-electron chi connectivity index (χ3n) is 1.38. The minimum absolute atomic E-state index is 0.0200. The molecule has 6 heteroatoms. The van der Waals surface area contributed by atoms with Crippen LogP contribution in [0.3, 0.4) is 0 Å². The van der Waals surface area contributed by atoms with Crippen molar-refractivity contribution in [1.29, 1.82) is 0 Å². The van der Waals surface area contributed by atoms with Crippen molar-refractivity contribution in [2.75, 3.05) is 0 Å². The molecule has 0 unspecified atom stereocenters. The Morgan fingerprint density at radius 1 is 1.46 bits per heavy atom. The summed E-state index contributed by atoms with van der Waals surface area (Å²) in [6, 6.07) is 1.44. The summed E-state index contributed by atoms with van der Waals surface area (Å²) < 4.78 is 36.6. The van der Waals surface area contributed by atoms with Gasteiger partial charge in [0.2, 0.25) is 0 Å². The summed E-state index contributed by atoms with van der Waals surface area (Å²) in [7, 11) is 0. The average Bonchev–Trinajstić information content (AvgIpc) is 2.02. The van der Waals surface area contributed by atoms with Crippen molar-refractivity contribution in [3.63, 3.8) is 0 Å². The lowest BCUT2D eigenvalue weighted by Gasteiger charge is -2.09. The Bertz CT molecular complexity index is 313. The molecule has 0 fully saturated rings. The fourth-order valence-electron chi connectivity index (χ4n) is 0.785. The number of aromatic nitrogens is 1. The van der Waals surface area contributed by atoms with Crippen molar-refractivity contribution in [3.05, 3.63) is 28.0 Å². The molecule has 0 aliphatic heterocycles. The molecule has 0 aliphatic rings. The molecule has 0 atom stereocenters. The van der Waals surface area contributed by atoms with Crippen LogP contribution in [0.5, 0.6) is 0 Å². The van der Waals surface area contributed by atoms with E-state index in [1.807, 2.05) is 0 Å². The zero-order valence-electron chi connectivity index (χ0n) is 6.20. The van der Waals surface area contributed by atoms with E-state index in [-0.39, 0.29) is 10.4 Å². The lowest BCUT2D eigenvalue weighted by atomic mass is 10.2. The molecule has 0 saturated carbocycles. The summed E-state index contributed by atoms with van der Waals surface area (Å²) >= 11 is 8.24. The fraction of sp³-hybridized carbons (Fsp3) is 0.286. The second-order valence-corrected chi connectivity index (χ2v) is 3.32. The summed E-state index contributed by atoms with van der Waals surface area (Å²) in [6.07, 6.45) is -3.35. The van der Waals surface area contributed by atoms with Crippen molar-refractivity contribution < 1.29 is 13.2 Å². The molecule has 0 saturated heterocycles. The topological polar surface area (TPSA) is 12.9 Å². The number of alkyl halides is 4. The third-order valence-corrected chi connectivity index (χ3v) is 2.55. The average molecular weight is 274 g/mol. The zero-order valence-corrected chi connectivity index (χ0v) is 8.54. The normalized spacial score (nSPS) is 11.8. The lowest BCUT2D eigenvalue weighted by Crippen LogP contribution is -2.09. The Morgan fingerprint density at radius 3 is 2.54 bits per heavy atom. The molecular formula is C7H4BrClF3N. The van der Waals surface area contributed by atoms with Crippen LogP contribution >= 0.6 is 27.5 Å². The molecule has 1 rings (SSSR count). The molecule has 1 nitrogen and oxygen atoms in total. The number of rotatable bonds is 1. The van der Waals surface area contributed by atoms with E-state index in [1.54, 1.807) is 0 Å². The Morgan fingerprint density at radius 2 is 2.08 bits per heavy atom. The van der Waals surface area contributed by atoms with Crippen molar-refractivity contribution in [2.45, 2.75) is 12.1 Å². The van der Waals surface area contributed by atoms with E-state index in [0.29, 0.717) is 5.56 Å². The summed E-state index contributed by atoms with van der Waals surface area (Å²) in [5, 5.41) is 0. The van der Waals surface area contributed by atoms with Gasteiger partial charge in [0.25, 0.3) is 0 Å². The summed E-state index contributed by atoms with van der Waals surface area (Å²) in [5.41, 5.74) is -0.561. The highest BCUT2D eigenvalue weighted by atomic mass is 79.9. The van der Waals surface area contributed by atoms with Crippen LogP contribution < -0.4 is 0 Å². The second kappa shape index (κ2) is 3.84. The van der Waals surface area contributed by atoms with Gasteiger partial charge in [0.1, 0.15) is 0 Å². The molecule has 0 N–H and O–H groups in total. The first-order chi connectivity index (χ1) is 5.96. The first-order valence-electron chi connectivity index (χ1n) is 3.23. The molecule has 1 heterocycles. The van der Waals surface area contributed by atoms with Crippen molar-refractivity contribution >= 4 is 27.5 Å². The number of nitrogens with zero attached hydrogens (tertiary/aromatic N) is 1. The van der Waals surface area contributed by atoms with Gasteiger partial charge in [-0.25, -0.2) is 0 Å². The van der Waals surface area contributed by atoms with Gasteiger partial charge in [-0.15, -0.1) is 11.6 Å². The molecule has 0 bridgehead atoms. The van der Waals surface area contributed by atoms with Gasteiger partial charge in [-0.2, -0.15) is 13.2 Å². The van der Waals surface area contributed by atoms with Gasteiger partial charge in [0.05, 0.1) is 4.47 Å². The van der Waals surface area contributed by atoms with Crippen LogP contribution in [0.1, 0.15) is 11.3 Å². The highest BCUT2D eigenvalue weighted by Gasteiger charge is 2.35. The van der Waals surface area contributed by atoms with Crippen molar-refractivity contribution in [1.82, 2.24) is 4.98 Å². The molecule has 13 heavy (non-hydrogen) atoms. The predicted octanol–water partition coefficient (Wildman–Crippen LogP) is 3.60. The van der Waals surface area contributed by atoms with Crippen molar-refractivity contribution in [3.8, 4) is 0 Å². The van der Waals surface area contributed by atoms with Crippen molar-refractivity contribution in [2.24, 2.45) is 0 Å². The first kappa shape index (κ1) is 10.8. The smallest absolute Gasteiger partial charge is 0.251 e. The van der Waals surface area contributed by atoms with Crippen LogP contribution in [0.4, 0.5) is 13.2 Å². The number of hydrogen-bond donors (Lipinski definition) is 0. The first-order valence-corrected chi connectivity index (χ1v) is 4.56. The fourth-order valence-corrected chi connectivity index (χ4v) is 1.77. The summed E-state index contributed by atoms with van der Waals surface area (Å²) in [4.78, 5) is 3.23. The number of pyridine rings is 1. The Kier molecular flexibility index (Phi) is 3.18. The predicted molar refractivity (Wildman–Crippen MR) is 46.5 cm³/mol. The van der Waals surface area contributed by atoms with Crippen LogP contribution in [0.15, 0.2) is 16.7 Å². The Balaban J connectivity index is 3.24. The van der Waals surface area contributed by atoms with Crippen LogP contribution in [0, 0.1) is 0 Å². The molecule has 0 amide bonds. The van der Waals surface area contributed by atoms with E-state index < -0.39 is 11.9 Å². The SMILES string of the molecule is FC(F)(F)c1nccc(CCl)c1Br. The lowest BCUT2D eigenvalue weighted by molar-refractivity contribution is -0.141. The monoisotopic (exact) mass is 273 g/mol. The van der Waals surface area contributed by atoms with Gasteiger partial charge < -0.3 is 0 Å². The standard InChI is InChI=1S/C7H4BrClF3N/c8-5-4(3-9)1-2-13-6(5)7(10,11)12/h1-2H,3H2. The maximum absolute atomic E-state index is 12.2. The molecule has 1 aromatic heterocycles. The number of hydrogen-bond acceptors (Lipinski definition) is 1. The molecule has 0 aliphatic carbocycles. The summed E-state index contributed by atoms with van der Waals surface area (Å²) in [6.45, 7) is 0. The van der Waals surface area contributed by atoms with Gasteiger partial charge in [0, 0.05) is 12.1 Å². The summed E-state index contributed by atoms with van der Waals surface area (Å²) in [5.74, 6) is 0.0200. The minimum atomic E-state index is -4.44. The zero-order chi connectivity index (χ0) is 10.1. The highest BCUT2D eigenvalue weighted by Crippen LogP contribution is 2.34. The van der Waals surface area contributed by atoms with Gasteiger partial charge in [0.15, 0.2) is 5.69 Å². The van der Waals surface area contributed by atoms with E-state index in [0.717, 1.165) is 6.20 Å². The maximum Gasteiger partial charge on any atom is 0.434 e. The molecular weight excluding hydrogens is 270 g/mol. The Labute approximate surface area is 86.0 Å². The van der Waals surface area contributed by atoms with E-state index in [4.69, 9.17) is 11.6 Å². The Hall–Kier alpha value is -0.290. The second-order valence-electron chi connectivity index (χ2n) is 2.26. The number of halogens is 5. The third kappa shape index (κ3) is 2.34. The van der Waals surface area contributed by atoms with E-state index in [1.165, 1.54) is 6.07 Å². The van der Waals surface area contributed by atoms with Gasteiger partial charge in [-0.05, 0) is 27.6 Å². The molecule has 72 valence electrons. The van der Waals surface area contributed by atoms with E-state index in [2.05, 4.69) is 20.9 Å². The van der Waals surface area contributed by atoms with E-state index in [9.17, 15) is 13.2 Å². The molecule has 0 radical (unpaired) electrons. The molecule has 0 aromatic carbocycles. The largest absolute Gasteiger partial charge is 0.434 e. The van der Waals surface area contributed by atoms with Gasteiger partial charge in [-0.1, -0.05) is 0 Å². The van der Waals surface area contributed by atoms with E-state index >= 15 is 0 Å². The van der Waals surface area contributed by atoms with Crippen LogP contribution in [0.25, 0.3) is 0 Å². The maximum atomic E-state index is 12.2. The molecule has 0 spiro atoms. The van der Waals surface area contributed by atoms with Gasteiger partial charge >= 0.3 is 6.18 Å². The quantitative estimate of drug-likeness (QED) is 0.713. The van der Waals surface area contributed by atoms with Crippen LogP contribution in [-0.4, -0.2) is 4.98 Å². The van der Waals surface area contributed by atoms with Gasteiger partial charge in [-0.3, -0.25) is 4.98 Å². The minimum Gasteiger partial charge on any atom is -0.251 e. The highest BCUT2D eigenvalue weighted by molar-refractivity contribution is 9.10. The molecule has 1 aromatic rings. The van der Waals surface area contributed by atoms with Crippen LogP contribution in [0.2, 0.25) is 0 Å². The van der Waals surface area contributed by atoms with Crippen LogP contribution in [-0.2, 0) is 12.1 Å².